The standard InChI is InChI=1S/C4H6F2O/c1-2-3-7-4(5)6/h2,4H,1,3H2/i4+2. The van der Waals surface area contributed by atoms with Crippen LogP contribution in [0, 0.1) is 0 Å². The zero-order chi connectivity index (χ0) is 5.70. The fourth-order valence-electron chi connectivity index (χ4n) is 0.141. The van der Waals surface area contributed by atoms with Gasteiger partial charge in [0.15, 0.2) is 0 Å². The minimum absolute atomic E-state index is 0.0856. The van der Waals surface area contributed by atoms with Crippen molar-refractivity contribution in [3.63, 3.8) is 0 Å². The molecule has 0 aromatic heterocycles. The van der Waals surface area contributed by atoms with Crippen LogP contribution in [-0.4, -0.2) is 13.2 Å². The number of hydrogen-bond acceptors (Lipinski definition) is 1. The van der Waals surface area contributed by atoms with E-state index in [-0.39, 0.29) is 6.61 Å². The van der Waals surface area contributed by atoms with E-state index in [9.17, 15) is 8.78 Å². The molecule has 0 bridgehead atoms. The molecule has 0 aliphatic rings. The van der Waals surface area contributed by atoms with E-state index in [0.29, 0.717) is 0 Å². The molecule has 0 spiro atoms. The van der Waals surface area contributed by atoms with Gasteiger partial charge >= 0.3 is 6.61 Å². The normalized spacial score (nSPS) is 9.57. The van der Waals surface area contributed by atoms with Crippen LogP contribution in [0.25, 0.3) is 0 Å². The minimum atomic E-state index is -2.67. The summed E-state index contributed by atoms with van der Waals surface area (Å²) < 4.78 is 25.6. The van der Waals surface area contributed by atoms with E-state index < -0.39 is 6.61 Å². The van der Waals surface area contributed by atoms with E-state index in [0.717, 1.165) is 0 Å². The summed E-state index contributed by atoms with van der Waals surface area (Å²) in [5.41, 5.74) is 0. The molecule has 0 saturated heterocycles. The number of halogens is 2. The van der Waals surface area contributed by atoms with Gasteiger partial charge in [-0.2, -0.15) is 8.78 Å². The average Bonchev–Trinajstić information content (AvgIpc) is 1.61. The van der Waals surface area contributed by atoms with Gasteiger partial charge in [0, 0.05) is 0 Å². The van der Waals surface area contributed by atoms with Crippen molar-refractivity contribution in [2.45, 2.75) is 6.61 Å². The highest BCUT2D eigenvalue weighted by Crippen LogP contribution is 1.92. The quantitative estimate of drug-likeness (QED) is 0.499. The van der Waals surface area contributed by atoms with Crippen LogP contribution in [0.15, 0.2) is 12.7 Å². The molecule has 42 valence electrons. The number of rotatable bonds is 3. The van der Waals surface area contributed by atoms with Gasteiger partial charge in [0.25, 0.3) is 0 Å². The Kier molecular flexibility index (Phi) is 3.50. The largest absolute Gasteiger partial charge is 0.345 e. The van der Waals surface area contributed by atoms with Crippen LogP contribution in [0.5, 0.6) is 0 Å². The summed E-state index contributed by atoms with van der Waals surface area (Å²) in [6.07, 6.45) is 1.27. The van der Waals surface area contributed by atoms with Crippen LogP contribution in [-0.2, 0) is 4.74 Å². The molecule has 0 fully saturated rings. The van der Waals surface area contributed by atoms with Crippen molar-refractivity contribution >= 4 is 0 Å². The third-order valence-corrected chi connectivity index (χ3v) is 0.340. The van der Waals surface area contributed by atoms with Crippen molar-refractivity contribution in [2.24, 2.45) is 0 Å². The van der Waals surface area contributed by atoms with E-state index in [1.54, 1.807) is 0 Å². The van der Waals surface area contributed by atoms with Gasteiger partial charge in [-0.25, -0.2) is 0 Å². The van der Waals surface area contributed by atoms with Crippen LogP contribution in [0.1, 0.15) is 0 Å². The molecule has 3 heteroatoms. The summed E-state index contributed by atoms with van der Waals surface area (Å²) in [5, 5.41) is 0. The van der Waals surface area contributed by atoms with E-state index in [4.69, 9.17) is 0 Å². The zero-order valence-corrected chi connectivity index (χ0v) is 3.73. The molecular formula is C4H6F2O. The highest BCUT2D eigenvalue weighted by atomic mass is 19.4. The van der Waals surface area contributed by atoms with Gasteiger partial charge in [0.1, 0.15) is 0 Å². The van der Waals surface area contributed by atoms with E-state index in [1.807, 2.05) is 0 Å². The number of alkyl halides is 2. The van der Waals surface area contributed by atoms with Gasteiger partial charge in [-0.05, 0) is 0 Å². The molecule has 1 nitrogen and oxygen atoms in total. The first-order chi connectivity index (χ1) is 3.27. The Labute approximate surface area is 40.6 Å². The lowest BCUT2D eigenvalue weighted by atomic mass is 10.7. The molecule has 0 atom stereocenters. The van der Waals surface area contributed by atoms with Crippen molar-refractivity contribution in [1.29, 1.82) is 0 Å². The Bertz CT molecular complexity index is 53.7. The highest BCUT2D eigenvalue weighted by molar-refractivity contribution is 4.63. The Morgan fingerprint density at radius 2 is 2.29 bits per heavy atom. The van der Waals surface area contributed by atoms with Gasteiger partial charge in [0.2, 0.25) is 0 Å². The Balaban J connectivity index is 2.81. The van der Waals surface area contributed by atoms with Gasteiger partial charge in [-0.3, -0.25) is 0 Å². The van der Waals surface area contributed by atoms with Gasteiger partial charge in [-0.1, -0.05) is 6.08 Å². The van der Waals surface area contributed by atoms with Crippen molar-refractivity contribution in [2.75, 3.05) is 6.61 Å². The van der Waals surface area contributed by atoms with Crippen LogP contribution >= 0.6 is 0 Å². The maximum Gasteiger partial charge on any atom is 0.345 e. The Morgan fingerprint density at radius 1 is 1.71 bits per heavy atom. The first kappa shape index (κ1) is 6.56. The smallest absolute Gasteiger partial charge is 0.319 e. The summed E-state index contributed by atoms with van der Waals surface area (Å²) in [6.45, 7) is 0.420. The fraction of sp³-hybridized carbons (Fsp3) is 0.500. The molecule has 0 aromatic carbocycles. The molecular weight excluding hydrogens is 104 g/mol. The van der Waals surface area contributed by atoms with Crippen LogP contribution in [0.3, 0.4) is 0 Å². The molecule has 7 heavy (non-hydrogen) atoms. The fourth-order valence-corrected chi connectivity index (χ4v) is 0.141. The molecule has 0 aromatic rings. The first-order valence-corrected chi connectivity index (χ1v) is 1.78. The number of hydrogen-bond donors (Lipinski definition) is 0. The average molecular weight is 110 g/mol. The SMILES string of the molecule is C=CCO[14CH](F)F. The highest BCUT2D eigenvalue weighted by Gasteiger charge is 1.95. The van der Waals surface area contributed by atoms with Crippen molar-refractivity contribution in [3.05, 3.63) is 12.7 Å². The molecule has 0 heterocycles. The second kappa shape index (κ2) is 3.74. The van der Waals surface area contributed by atoms with Crippen molar-refractivity contribution < 1.29 is 13.5 Å². The predicted octanol–water partition coefficient (Wildman–Crippen LogP) is 1.41. The Hall–Kier alpha value is -0.440. The third kappa shape index (κ3) is 5.56. The van der Waals surface area contributed by atoms with Crippen LogP contribution in [0.4, 0.5) is 8.78 Å². The van der Waals surface area contributed by atoms with E-state index in [1.165, 1.54) is 6.08 Å². The first-order valence-electron chi connectivity index (χ1n) is 1.78. The lowest BCUT2D eigenvalue weighted by Gasteiger charge is -1.93. The van der Waals surface area contributed by atoms with Crippen LogP contribution < -0.4 is 0 Å². The summed E-state index contributed by atoms with van der Waals surface area (Å²) in [4.78, 5) is 0. The molecule has 0 amide bonds. The maximum atomic E-state index is 11.0. The van der Waals surface area contributed by atoms with Gasteiger partial charge in [0.05, 0.1) is 6.61 Å². The monoisotopic (exact) mass is 110 g/mol. The predicted molar refractivity (Wildman–Crippen MR) is 22.2 cm³/mol. The lowest BCUT2D eigenvalue weighted by molar-refractivity contribution is -0.119. The lowest BCUT2D eigenvalue weighted by Crippen LogP contribution is -1.96. The molecule has 0 radical (unpaired) electrons. The molecule has 0 N–H and O–H groups in total. The van der Waals surface area contributed by atoms with Gasteiger partial charge < -0.3 is 4.74 Å². The van der Waals surface area contributed by atoms with Crippen molar-refractivity contribution in [1.82, 2.24) is 0 Å². The summed E-state index contributed by atoms with van der Waals surface area (Å²) in [6, 6.07) is 0. The molecule has 0 aliphatic heterocycles. The second-order valence-corrected chi connectivity index (χ2v) is 0.883. The number of ether oxygens (including phenoxy) is 1. The van der Waals surface area contributed by atoms with E-state index >= 15 is 0 Å². The van der Waals surface area contributed by atoms with E-state index in [2.05, 4.69) is 11.3 Å². The molecule has 0 unspecified atom stereocenters. The second-order valence-electron chi connectivity index (χ2n) is 0.883. The minimum Gasteiger partial charge on any atom is -0.319 e. The summed E-state index contributed by atoms with van der Waals surface area (Å²) in [5.74, 6) is 0. The van der Waals surface area contributed by atoms with Crippen molar-refractivity contribution in [3.8, 4) is 0 Å². The Morgan fingerprint density at radius 3 is 2.43 bits per heavy atom. The maximum absolute atomic E-state index is 11.0. The topological polar surface area (TPSA) is 9.23 Å². The summed E-state index contributed by atoms with van der Waals surface area (Å²) >= 11 is 0. The summed E-state index contributed by atoms with van der Waals surface area (Å²) in [7, 11) is 0. The third-order valence-electron chi connectivity index (χ3n) is 0.340. The molecule has 0 saturated carbocycles. The molecule has 0 rings (SSSR count). The van der Waals surface area contributed by atoms with Gasteiger partial charge in [-0.15, -0.1) is 6.58 Å². The molecule has 0 aliphatic carbocycles. The van der Waals surface area contributed by atoms with Crippen LogP contribution in [0.2, 0.25) is 0 Å². The zero-order valence-electron chi connectivity index (χ0n) is 3.73.